The molecule has 0 fully saturated rings. The van der Waals surface area contributed by atoms with Gasteiger partial charge in [-0.05, 0) is 42.3 Å². The summed E-state index contributed by atoms with van der Waals surface area (Å²) >= 11 is 0. The summed E-state index contributed by atoms with van der Waals surface area (Å²) < 4.78 is 14.6. The van der Waals surface area contributed by atoms with Crippen molar-refractivity contribution in [3.8, 4) is 0 Å². The average molecular weight is 411 g/mol. The van der Waals surface area contributed by atoms with Crippen LogP contribution in [0.5, 0.6) is 0 Å². The van der Waals surface area contributed by atoms with E-state index in [1.807, 2.05) is 30.3 Å². The number of nitrogens with zero attached hydrogens (tertiary/aromatic N) is 1. The quantitative estimate of drug-likeness (QED) is 0.612. The van der Waals surface area contributed by atoms with E-state index in [9.17, 15) is 9.18 Å². The number of aromatic amines is 1. The van der Waals surface area contributed by atoms with Gasteiger partial charge in [0.05, 0.1) is 16.7 Å². The first kappa shape index (κ1) is 21.2. The molecular weight excluding hydrogens is 390 g/mol. The number of nitrogens with one attached hydrogen (secondary N) is 3. The van der Waals surface area contributed by atoms with Crippen molar-refractivity contribution in [2.45, 2.75) is 25.8 Å². The van der Waals surface area contributed by atoms with Gasteiger partial charge >= 0.3 is 0 Å². The minimum atomic E-state index is -0.309. The first-order chi connectivity index (χ1) is 12.2. The normalized spacial score (nSPS) is 12.6. The van der Waals surface area contributed by atoms with Crippen LogP contribution in [-0.4, -0.2) is 22.4 Å². The van der Waals surface area contributed by atoms with E-state index < -0.39 is 0 Å². The maximum atomic E-state index is 14.6. The fourth-order valence-corrected chi connectivity index (χ4v) is 3.20. The second kappa shape index (κ2) is 9.17. The Balaban J connectivity index is 0.00000131. The Morgan fingerprint density at radius 1 is 1.19 bits per heavy atom. The van der Waals surface area contributed by atoms with Crippen LogP contribution in [0, 0.1) is 5.82 Å². The summed E-state index contributed by atoms with van der Waals surface area (Å²) in [6.07, 6.45) is 1.37. The summed E-state index contributed by atoms with van der Waals surface area (Å²) in [6.45, 7) is 1.43. The molecule has 3 N–H and O–H groups in total. The topological polar surface area (TPSA) is 69.8 Å². The molecule has 5 nitrogen and oxygen atoms in total. The summed E-state index contributed by atoms with van der Waals surface area (Å²) in [5.41, 5.74) is 3.76. The first-order valence-electron chi connectivity index (χ1n) is 8.45. The molecule has 1 aliphatic heterocycles. The molecule has 0 spiro atoms. The average Bonchev–Trinajstić information content (AvgIpc) is 3.06. The molecule has 1 aliphatic rings. The molecule has 0 saturated carbocycles. The molecule has 144 valence electrons. The van der Waals surface area contributed by atoms with Crippen LogP contribution in [-0.2, 0) is 24.2 Å². The molecule has 0 unspecified atom stereocenters. The predicted molar refractivity (Wildman–Crippen MR) is 109 cm³/mol. The minimum absolute atomic E-state index is 0. The number of carbonyl (C=O) groups is 1. The van der Waals surface area contributed by atoms with Crippen LogP contribution < -0.4 is 10.6 Å². The number of amides is 1. The van der Waals surface area contributed by atoms with Crippen LogP contribution in [0.15, 0.2) is 36.4 Å². The van der Waals surface area contributed by atoms with Gasteiger partial charge in [0, 0.05) is 19.4 Å². The van der Waals surface area contributed by atoms with Gasteiger partial charge in [0.2, 0.25) is 5.91 Å². The fourth-order valence-electron chi connectivity index (χ4n) is 3.20. The van der Waals surface area contributed by atoms with Crippen LogP contribution in [0.25, 0.3) is 11.0 Å². The largest absolute Gasteiger partial charge is 0.342 e. The molecule has 0 radical (unpaired) electrons. The molecule has 0 bridgehead atoms. The van der Waals surface area contributed by atoms with Crippen molar-refractivity contribution in [1.82, 2.24) is 15.3 Å². The van der Waals surface area contributed by atoms with E-state index in [4.69, 9.17) is 0 Å². The van der Waals surface area contributed by atoms with Crippen molar-refractivity contribution in [1.29, 1.82) is 0 Å². The second-order valence-electron chi connectivity index (χ2n) is 6.24. The number of hydrogen-bond acceptors (Lipinski definition) is 3. The lowest BCUT2D eigenvalue weighted by atomic mass is 9.99. The van der Waals surface area contributed by atoms with E-state index in [0.717, 1.165) is 29.0 Å². The van der Waals surface area contributed by atoms with Gasteiger partial charge in [-0.2, -0.15) is 0 Å². The molecule has 3 aromatic rings. The molecule has 2 heterocycles. The molecule has 2 aromatic carbocycles. The Bertz CT molecular complexity index is 912. The molecule has 1 amide bonds. The van der Waals surface area contributed by atoms with Gasteiger partial charge in [0.1, 0.15) is 11.6 Å². The van der Waals surface area contributed by atoms with Crippen molar-refractivity contribution in [2.75, 3.05) is 11.9 Å². The van der Waals surface area contributed by atoms with Gasteiger partial charge in [0.25, 0.3) is 0 Å². The lowest BCUT2D eigenvalue weighted by Gasteiger charge is -2.19. The highest BCUT2D eigenvalue weighted by atomic mass is 35.5. The molecule has 1 aromatic heterocycles. The number of benzene rings is 2. The van der Waals surface area contributed by atoms with Crippen molar-refractivity contribution in [2.24, 2.45) is 0 Å². The molecule has 27 heavy (non-hydrogen) atoms. The zero-order valence-corrected chi connectivity index (χ0v) is 16.2. The lowest BCUT2D eigenvalue weighted by Crippen LogP contribution is -2.25. The molecule has 0 atom stereocenters. The number of aromatic nitrogens is 2. The number of aryl methyl sites for hydroxylation is 1. The maximum absolute atomic E-state index is 14.6. The number of imidazole rings is 1. The van der Waals surface area contributed by atoms with Gasteiger partial charge in [-0.1, -0.05) is 18.2 Å². The Morgan fingerprint density at radius 2 is 2.00 bits per heavy atom. The first-order valence-corrected chi connectivity index (χ1v) is 8.45. The van der Waals surface area contributed by atoms with E-state index in [0.29, 0.717) is 24.9 Å². The van der Waals surface area contributed by atoms with E-state index in [2.05, 4.69) is 20.6 Å². The Kier molecular flexibility index (Phi) is 7.18. The van der Waals surface area contributed by atoms with Crippen molar-refractivity contribution in [3.63, 3.8) is 0 Å². The van der Waals surface area contributed by atoms with Gasteiger partial charge < -0.3 is 15.6 Å². The highest BCUT2D eigenvalue weighted by Crippen LogP contribution is 2.24. The summed E-state index contributed by atoms with van der Waals surface area (Å²) in [4.78, 5) is 19.8. The number of carbonyl (C=O) groups excluding carboxylic acids is 1. The number of anilines is 1. The van der Waals surface area contributed by atoms with Crippen LogP contribution in [0.4, 0.5) is 10.1 Å². The third-order valence-electron chi connectivity index (χ3n) is 4.51. The molecule has 4 rings (SSSR count). The van der Waals surface area contributed by atoms with Crippen LogP contribution >= 0.6 is 24.8 Å². The van der Waals surface area contributed by atoms with Crippen LogP contribution in [0.3, 0.4) is 0 Å². The zero-order valence-electron chi connectivity index (χ0n) is 14.5. The lowest BCUT2D eigenvalue weighted by molar-refractivity contribution is -0.116. The number of rotatable bonds is 4. The van der Waals surface area contributed by atoms with Crippen molar-refractivity contribution >= 4 is 47.4 Å². The second-order valence-corrected chi connectivity index (χ2v) is 6.24. The van der Waals surface area contributed by atoms with Crippen LogP contribution in [0.2, 0.25) is 0 Å². The summed E-state index contributed by atoms with van der Waals surface area (Å²) in [6, 6.07) is 11.2. The van der Waals surface area contributed by atoms with E-state index in [1.165, 1.54) is 0 Å². The number of para-hydroxylation sites is 2. The number of H-pyrrole nitrogens is 1. The van der Waals surface area contributed by atoms with Crippen molar-refractivity contribution < 1.29 is 9.18 Å². The zero-order chi connectivity index (χ0) is 17.2. The molecule has 0 saturated heterocycles. The Hall–Kier alpha value is -2.15. The molecule has 0 aliphatic carbocycles. The van der Waals surface area contributed by atoms with E-state index in [1.54, 1.807) is 6.07 Å². The SMILES string of the molecule is Cl.Cl.O=C(CCc1nc2ccccc2[nH]1)Nc1ccc2c(c1F)CCNC2. The summed E-state index contributed by atoms with van der Waals surface area (Å²) in [7, 11) is 0. The van der Waals surface area contributed by atoms with Gasteiger partial charge in [-0.3, -0.25) is 4.79 Å². The highest BCUT2D eigenvalue weighted by molar-refractivity contribution is 5.91. The highest BCUT2D eigenvalue weighted by Gasteiger charge is 2.17. The number of fused-ring (bicyclic) bond motifs is 2. The third kappa shape index (κ3) is 4.58. The predicted octanol–water partition coefficient (Wildman–Crippen LogP) is 3.76. The Morgan fingerprint density at radius 3 is 2.81 bits per heavy atom. The summed E-state index contributed by atoms with van der Waals surface area (Å²) in [5, 5.41) is 5.90. The maximum Gasteiger partial charge on any atom is 0.224 e. The van der Waals surface area contributed by atoms with Gasteiger partial charge in [0.15, 0.2) is 0 Å². The van der Waals surface area contributed by atoms with E-state index in [-0.39, 0.29) is 48.6 Å². The van der Waals surface area contributed by atoms with Crippen LogP contribution in [0.1, 0.15) is 23.4 Å². The Labute approximate surface area is 169 Å². The fraction of sp³-hybridized carbons (Fsp3) is 0.263. The minimum Gasteiger partial charge on any atom is -0.342 e. The number of hydrogen-bond donors (Lipinski definition) is 3. The monoisotopic (exact) mass is 410 g/mol. The van der Waals surface area contributed by atoms with Crippen molar-refractivity contribution in [3.05, 3.63) is 59.2 Å². The summed E-state index contributed by atoms with van der Waals surface area (Å²) in [5.74, 6) is 0.234. The molecular formula is C19H21Cl2FN4O. The van der Waals surface area contributed by atoms with Gasteiger partial charge in [-0.15, -0.1) is 24.8 Å². The standard InChI is InChI=1S/C19H19FN4O.2ClH/c20-19-13-9-10-21-11-12(13)5-6-16(19)24-18(25)8-7-17-22-14-3-1-2-4-15(14)23-17;;/h1-6,21H,7-11H2,(H,22,23)(H,24,25);2*1H. The van der Waals surface area contributed by atoms with Gasteiger partial charge in [-0.25, -0.2) is 9.37 Å². The smallest absolute Gasteiger partial charge is 0.224 e. The number of halogens is 3. The third-order valence-corrected chi connectivity index (χ3v) is 4.51. The molecule has 8 heteroatoms. The van der Waals surface area contributed by atoms with E-state index >= 15 is 0 Å².